The van der Waals surface area contributed by atoms with E-state index in [1.54, 1.807) is 0 Å². The lowest BCUT2D eigenvalue weighted by Gasteiger charge is -2.21. The first kappa shape index (κ1) is 13.3. The zero-order valence-electron chi connectivity index (χ0n) is 12.1. The molecule has 0 saturated carbocycles. The van der Waals surface area contributed by atoms with Gasteiger partial charge in [-0.3, -0.25) is 0 Å². The topological polar surface area (TPSA) is 39.9 Å². The van der Waals surface area contributed by atoms with Crippen LogP contribution in [0.25, 0.3) is 11.3 Å². The molecule has 0 amide bonds. The number of aromatic nitrogens is 3. The fourth-order valence-electron chi connectivity index (χ4n) is 2.58. The van der Waals surface area contributed by atoms with Gasteiger partial charge in [0.1, 0.15) is 5.69 Å². The third kappa shape index (κ3) is 2.75. The van der Waals surface area contributed by atoms with Crippen LogP contribution in [0.2, 0.25) is 0 Å². The van der Waals surface area contributed by atoms with Gasteiger partial charge in [-0.2, -0.15) is 0 Å². The van der Waals surface area contributed by atoms with Crippen molar-refractivity contribution >= 4 is 0 Å². The van der Waals surface area contributed by atoms with Crippen LogP contribution in [0.5, 0.6) is 0 Å². The molecule has 0 aliphatic carbocycles. The van der Waals surface area contributed by atoms with Crippen molar-refractivity contribution in [2.45, 2.75) is 38.6 Å². The first-order valence-corrected chi connectivity index (χ1v) is 7.34. The summed E-state index contributed by atoms with van der Waals surface area (Å²) in [5.41, 5.74) is 3.44. The van der Waals surface area contributed by atoms with Gasteiger partial charge in [0, 0.05) is 18.8 Å². The number of hydrogen-bond acceptors (Lipinski definition) is 3. The minimum Gasteiger partial charge on any atom is -0.381 e. The second-order valence-electron chi connectivity index (χ2n) is 5.70. The predicted octanol–water partition coefficient (Wildman–Crippen LogP) is 3.42. The van der Waals surface area contributed by atoms with Crippen LogP contribution in [0.3, 0.4) is 0 Å². The summed E-state index contributed by atoms with van der Waals surface area (Å²) >= 11 is 0. The molecule has 1 aromatic heterocycles. The van der Waals surface area contributed by atoms with Gasteiger partial charge in [0.25, 0.3) is 0 Å². The molecule has 2 aromatic rings. The van der Waals surface area contributed by atoms with Crippen LogP contribution < -0.4 is 0 Å². The molecule has 20 heavy (non-hydrogen) atoms. The Morgan fingerprint density at radius 3 is 2.50 bits per heavy atom. The Bertz CT molecular complexity index is 553. The predicted molar refractivity (Wildman–Crippen MR) is 78.6 cm³/mol. The zero-order valence-corrected chi connectivity index (χ0v) is 12.1. The van der Waals surface area contributed by atoms with Gasteiger partial charge >= 0.3 is 0 Å². The maximum absolute atomic E-state index is 5.39. The highest BCUT2D eigenvalue weighted by molar-refractivity contribution is 5.58. The lowest BCUT2D eigenvalue weighted by atomic mass is 10.0. The van der Waals surface area contributed by atoms with E-state index in [4.69, 9.17) is 4.74 Å². The summed E-state index contributed by atoms with van der Waals surface area (Å²) in [7, 11) is 0. The molecule has 3 rings (SSSR count). The maximum atomic E-state index is 5.39. The molecule has 0 atom stereocenters. The van der Waals surface area contributed by atoms with Crippen LogP contribution >= 0.6 is 0 Å². The fraction of sp³-hybridized carbons (Fsp3) is 0.500. The van der Waals surface area contributed by atoms with Crippen molar-refractivity contribution in [2.24, 2.45) is 0 Å². The van der Waals surface area contributed by atoms with Crippen LogP contribution in [-0.4, -0.2) is 28.2 Å². The molecule has 4 nitrogen and oxygen atoms in total. The average molecular weight is 271 g/mol. The van der Waals surface area contributed by atoms with E-state index >= 15 is 0 Å². The Hall–Kier alpha value is -1.68. The molecule has 0 bridgehead atoms. The van der Waals surface area contributed by atoms with Gasteiger partial charge in [-0.25, -0.2) is 4.68 Å². The Balaban J connectivity index is 1.78. The highest BCUT2D eigenvalue weighted by Crippen LogP contribution is 2.24. The second kappa shape index (κ2) is 5.75. The Kier molecular flexibility index (Phi) is 3.83. The fourth-order valence-corrected chi connectivity index (χ4v) is 2.58. The summed E-state index contributed by atoms with van der Waals surface area (Å²) in [6, 6.07) is 9.04. The minimum atomic E-state index is 0.430. The zero-order chi connectivity index (χ0) is 13.9. The van der Waals surface area contributed by atoms with E-state index in [2.05, 4.69) is 54.6 Å². The van der Waals surface area contributed by atoms with Crippen LogP contribution in [0, 0.1) is 0 Å². The summed E-state index contributed by atoms with van der Waals surface area (Å²) < 4.78 is 7.38. The van der Waals surface area contributed by atoms with E-state index in [0.717, 1.165) is 37.3 Å². The van der Waals surface area contributed by atoms with E-state index in [9.17, 15) is 0 Å². The molecule has 0 spiro atoms. The minimum absolute atomic E-state index is 0.430. The van der Waals surface area contributed by atoms with Gasteiger partial charge in [-0.1, -0.05) is 43.3 Å². The van der Waals surface area contributed by atoms with Crippen molar-refractivity contribution in [3.63, 3.8) is 0 Å². The molecule has 1 aliphatic heterocycles. The Labute approximate surface area is 119 Å². The van der Waals surface area contributed by atoms with Gasteiger partial charge in [-0.15, -0.1) is 5.10 Å². The number of benzene rings is 1. The third-order valence-electron chi connectivity index (χ3n) is 3.95. The number of ether oxygens (including phenoxy) is 1. The number of rotatable bonds is 3. The molecule has 0 N–H and O–H groups in total. The van der Waals surface area contributed by atoms with Gasteiger partial charge in [0.05, 0.1) is 12.2 Å². The monoisotopic (exact) mass is 271 g/mol. The second-order valence-corrected chi connectivity index (χ2v) is 5.70. The van der Waals surface area contributed by atoms with Gasteiger partial charge in [0.15, 0.2) is 0 Å². The van der Waals surface area contributed by atoms with Crippen LogP contribution in [0.1, 0.15) is 44.2 Å². The summed E-state index contributed by atoms with van der Waals surface area (Å²) in [6.07, 6.45) is 4.10. The highest BCUT2D eigenvalue weighted by Gasteiger charge is 2.17. The van der Waals surface area contributed by atoms with E-state index in [-0.39, 0.29) is 0 Å². The molecule has 1 fully saturated rings. The number of nitrogens with zero attached hydrogens (tertiary/aromatic N) is 3. The Morgan fingerprint density at radius 1 is 1.15 bits per heavy atom. The summed E-state index contributed by atoms with van der Waals surface area (Å²) in [5.74, 6) is 0.557. The van der Waals surface area contributed by atoms with E-state index < -0.39 is 0 Å². The molecule has 106 valence electrons. The average Bonchev–Trinajstić information content (AvgIpc) is 2.98. The molecule has 1 aromatic carbocycles. The van der Waals surface area contributed by atoms with Crippen molar-refractivity contribution in [2.75, 3.05) is 13.2 Å². The SMILES string of the molecule is CC(C)c1ccc(-c2cn(C3CCOCC3)nn2)cc1. The number of hydrogen-bond donors (Lipinski definition) is 0. The van der Waals surface area contributed by atoms with Crippen molar-refractivity contribution in [1.29, 1.82) is 0 Å². The normalized spacial score (nSPS) is 16.8. The molecule has 1 aliphatic rings. The van der Waals surface area contributed by atoms with E-state index in [1.165, 1.54) is 5.56 Å². The molecular formula is C16H21N3O. The third-order valence-corrected chi connectivity index (χ3v) is 3.95. The summed E-state index contributed by atoms with van der Waals surface area (Å²) in [4.78, 5) is 0. The van der Waals surface area contributed by atoms with Crippen molar-refractivity contribution in [3.05, 3.63) is 36.0 Å². The van der Waals surface area contributed by atoms with Crippen molar-refractivity contribution < 1.29 is 4.74 Å². The summed E-state index contributed by atoms with van der Waals surface area (Å²) in [5, 5.41) is 8.59. The van der Waals surface area contributed by atoms with Crippen LogP contribution in [0.4, 0.5) is 0 Å². The molecule has 0 unspecified atom stereocenters. The van der Waals surface area contributed by atoms with E-state index in [0.29, 0.717) is 12.0 Å². The highest BCUT2D eigenvalue weighted by atomic mass is 16.5. The molecule has 4 heteroatoms. The first-order chi connectivity index (χ1) is 9.74. The molecule has 1 saturated heterocycles. The van der Waals surface area contributed by atoms with Gasteiger partial charge in [0.2, 0.25) is 0 Å². The van der Waals surface area contributed by atoms with Crippen molar-refractivity contribution in [1.82, 2.24) is 15.0 Å². The van der Waals surface area contributed by atoms with Gasteiger partial charge < -0.3 is 4.74 Å². The van der Waals surface area contributed by atoms with Gasteiger partial charge in [-0.05, 0) is 24.3 Å². The molecule has 0 radical (unpaired) electrons. The lowest BCUT2D eigenvalue weighted by Crippen LogP contribution is -2.19. The van der Waals surface area contributed by atoms with E-state index in [1.807, 2.05) is 4.68 Å². The standard InChI is InChI=1S/C16H21N3O/c1-12(2)13-3-5-14(6-4-13)16-11-19(18-17-16)15-7-9-20-10-8-15/h3-6,11-12,15H,7-10H2,1-2H3. The molecular weight excluding hydrogens is 250 g/mol. The lowest BCUT2D eigenvalue weighted by molar-refractivity contribution is 0.0657. The Morgan fingerprint density at radius 2 is 1.85 bits per heavy atom. The molecule has 2 heterocycles. The largest absolute Gasteiger partial charge is 0.381 e. The van der Waals surface area contributed by atoms with Crippen LogP contribution in [-0.2, 0) is 4.74 Å². The quantitative estimate of drug-likeness (QED) is 0.858. The van der Waals surface area contributed by atoms with Crippen molar-refractivity contribution in [3.8, 4) is 11.3 Å². The maximum Gasteiger partial charge on any atom is 0.113 e. The smallest absolute Gasteiger partial charge is 0.113 e. The van der Waals surface area contributed by atoms with Crippen LogP contribution in [0.15, 0.2) is 30.5 Å². The first-order valence-electron chi connectivity index (χ1n) is 7.34. The summed E-state index contributed by atoms with van der Waals surface area (Å²) in [6.45, 7) is 6.05.